The second kappa shape index (κ2) is 34.0. The maximum absolute atomic E-state index is 12.8. The van der Waals surface area contributed by atoms with E-state index in [0.29, 0.717) is 58.8 Å². The molecule has 12 nitrogen and oxygen atoms in total. The van der Waals surface area contributed by atoms with Crippen molar-refractivity contribution in [3.8, 4) is 34.5 Å². The minimum Gasteiger partial charge on any atom is -0.494 e. The van der Waals surface area contributed by atoms with Gasteiger partial charge >= 0.3 is 23.9 Å². The number of benzene rings is 4. The molecule has 4 aromatic rings. The fourth-order valence-electron chi connectivity index (χ4n) is 9.57. The molecule has 0 aromatic heterocycles. The summed E-state index contributed by atoms with van der Waals surface area (Å²) in [7, 11) is 0. The van der Waals surface area contributed by atoms with E-state index in [1.165, 1.54) is 70.6 Å². The normalized spacial score (nSPS) is 17.4. The van der Waals surface area contributed by atoms with Crippen LogP contribution in [-0.2, 0) is 19.1 Å². The highest BCUT2D eigenvalue weighted by atomic mass is 16.6. The summed E-state index contributed by atoms with van der Waals surface area (Å²) in [6, 6.07) is 27.1. The van der Waals surface area contributed by atoms with Gasteiger partial charge in [0.05, 0.1) is 48.4 Å². The Kier molecular flexibility index (Phi) is 26.6. The van der Waals surface area contributed by atoms with Crippen molar-refractivity contribution in [2.45, 2.75) is 187 Å². The van der Waals surface area contributed by atoms with Gasteiger partial charge in [0.2, 0.25) is 0 Å². The lowest BCUT2D eigenvalue weighted by Gasteiger charge is -2.27. The van der Waals surface area contributed by atoms with Gasteiger partial charge in [-0.25, -0.2) is 9.59 Å². The molecule has 2 aliphatic carbocycles. The van der Waals surface area contributed by atoms with Gasteiger partial charge in [0.15, 0.2) is 0 Å². The first-order chi connectivity index (χ1) is 36.8. The van der Waals surface area contributed by atoms with Gasteiger partial charge in [0, 0.05) is 13.2 Å². The van der Waals surface area contributed by atoms with Crippen LogP contribution in [0.25, 0.3) is 0 Å². The van der Waals surface area contributed by atoms with E-state index >= 15 is 0 Å². The van der Waals surface area contributed by atoms with E-state index in [9.17, 15) is 19.2 Å². The van der Waals surface area contributed by atoms with Crippen LogP contribution in [0.2, 0.25) is 0 Å². The first-order valence-electron chi connectivity index (χ1n) is 28.5. The number of esters is 4. The third kappa shape index (κ3) is 22.2. The van der Waals surface area contributed by atoms with Gasteiger partial charge in [0.1, 0.15) is 34.5 Å². The summed E-state index contributed by atoms with van der Waals surface area (Å²) >= 11 is 0. The molecule has 2 fully saturated rings. The van der Waals surface area contributed by atoms with Crippen molar-refractivity contribution < 1.29 is 57.1 Å². The van der Waals surface area contributed by atoms with Crippen molar-refractivity contribution in [2.24, 2.45) is 11.8 Å². The smallest absolute Gasteiger partial charge is 0.343 e. The van der Waals surface area contributed by atoms with E-state index in [2.05, 4.69) is 13.8 Å². The zero-order chi connectivity index (χ0) is 52.7. The van der Waals surface area contributed by atoms with Crippen LogP contribution in [0.3, 0.4) is 0 Å². The number of carbonyl (C=O) groups is 4. The first-order valence-corrected chi connectivity index (χ1v) is 28.5. The van der Waals surface area contributed by atoms with Crippen molar-refractivity contribution in [3.63, 3.8) is 0 Å². The second-order valence-electron chi connectivity index (χ2n) is 20.3. The summed E-state index contributed by atoms with van der Waals surface area (Å²) in [4.78, 5) is 51.3. The number of unbranched alkanes of at least 4 members (excludes halogenated alkanes) is 14. The average Bonchev–Trinajstić information content (AvgIpc) is 3.43. The van der Waals surface area contributed by atoms with Gasteiger partial charge in [-0.3, -0.25) is 9.59 Å². The number of carbonyl (C=O) groups excluding carboxylic acids is 4. The molecular formula is C63H84O12. The Labute approximate surface area is 446 Å². The van der Waals surface area contributed by atoms with Crippen molar-refractivity contribution in [1.29, 1.82) is 0 Å². The standard InChI is InChI=1S/C63H84O12/c1-3-5-7-16-44-68-52-28-20-48(21-29-52)60(64)72-56-36-40-58(41-37-56)74-62(66)50-24-32-54(33-25-50)70-46-18-14-12-10-9-11-13-15-19-47-71-55-34-26-51(27-35-55)63(67)75-59-42-38-57(39-43-59)73-61(65)49-22-30-53(31-23-49)69-45-17-8-6-4-2/h24-27,32-43,48-49,52-53H,3-23,28-31,44-47H2,1-2H3. The van der Waals surface area contributed by atoms with Crippen LogP contribution in [0, 0.1) is 11.8 Å². The Hall–Kier alpha value is -5.72. The van der Waals surface area contributed by atoms with Gasteiger partial charge in [-0.05, 0) is 174 Å². The number of rotatable bonds is 34. The lowest BCUT2D eigenvalue weighted by molar-refractivity contribution is -0.142. The van der Waals surface area contributed by atoms with Crippen molar-refractivity contribution >= 4 is 23.9 Å². The van der Waals surface area contributed by atoms with Gasteiger partial charge in [-0.2, -0.15) is 0 Å². The minimum atomic E-state index is -0.474. The molecule has 0 unspecified atom stereocenters. The molecule has 75 heavy (non-hydrogen) atoms. The molecule has 0 radical (unpaired) electrons. The van der Waals surface area contributed by atoms with E-state index in [4.69, 9.17) is 37.9 Å². The van der Waals surface area contributed by atoms with Crippen LogP contribution < -0.4 is 28.4 Å². The third-order valence-electron chi connectivity index (χ3n) is 14.2. The average molecular weight is 1030 g/mol. The summed E-state index contributed by atoms with van der Waals surface area (Å²) in [6.45, 7) is 7.25. The molecule has 0 amide bonds. The third-order valence-corrected chi connectivity index (χ3v) is 14.2. The van der Waals surface area contributed by atoms with Crippen LogP contribution in [0.15, 0.2) is 97.1 Å². The molecule has 2 aliphatic rings. The summed E-state index contributed by atoms with van der Waals surface area (Å²) in [5.41, 5.74) is 0.838. The van der Waals surface area contributed by atoms with Crippen LogP contribution in [0.5, 0.6) is 34.5 Å². The molecule has 6 rings (SSSR count). The van der Waals surface area contributed by atoms with Gasteiger partial charge in [0.25, 0.3) is 0 Å². The molecule has 0 bridgehead atoms. The quantitative estimate of drug-likeness (QED) is 0.0250. The molecule has 0 N–H and O–H groups in total. The second-order valence-corrected chi connectivity index (χ2v) is 20.3. The maximum atomic E-state index is 12.8. The van der Waals surface area contributed by atoms with E-state index in [0.717, 1.165) is 103 Å². The van der Waals surface area contributed by atoms with E-state index in [1.807, 2.05) is 0 Å². The van der Waals surface area contributed by atoms with E-state index < -0.39 is 11.9 Å². The van der Waals surface area contributed by atoms with Crippen LogP contribution in [0.4, 0.5) is 0 Å². The Morgan fingerprint density at radius 1 is 0.333 bits per heavy atom. The minimum absolute atomic E-state index is 0.127. The molecule has 0 saturated heterocycles. The van der Waals surface area contributed by atoms with Crippen molar-refractivity contribution in [2.75, 3.05) is 26.4 Å². The molecule has 0 spiro atoms. The Morgan fingerprint density at radius 3 is 0.947 bits per heavy atom. The van der Waals surface area contributed by atoms with Crippen LogP contribution >= 0.6 is 0 Å². The van der Waals surface area contributed by atoms with Crippen molar-refractivity contribution in [1.82, 2.24) is 0 Å². The largest absolute Gasteiger partial charge is 0.494 e. The molecule has 2 saturated carbocycles. The molecule has 12 heteroatoms. The number of ether oxygens (including phenoxy) is 8. The van der Waals surface area contributed by atoms with Crippen LogP contribution in [0.1, 0.15) is 195 Å². The topological polar surface area (TPSA) is 142 Å². The summed E-state index contributed by atoms with van der Waals surface area (Å²) in [5, 5.41) is 0. The summed E-state index contributed by atoms with van der Waals surface area (Å²) in [6.07, 6.45) is 26.7. The zero-order valence-corrected chi connectivity index (χ0v) is 45.0. The highest BCUT2D eigenvalue weighted by molar-refractivity contribution is 5.91. The fourth-order valence-corrected chi connectivity index (χ4v) is 9.57. The maximum Gasteiger partial charge on any atom is 0.343 e. The Morgan fingerprint density at radius 2 is 0.613 bits per heavy atom. The highest BCUT2D eigenvalue weighted by Crippen LogP contribution is 2.31. The molecule has 408 valence electrons. The van der Waals surface area contributed by atoms with Gasteiger partial charge < -0.3 is 37.9 Å². The summed E-state index contributed by atoms with van der Waals surface area (Å²) < 4.78 is 46.3. The monoisotopic (exact) mass is 1030 g/mol. The van der Waals surface area contributed by atoms with Crippen LogP contribution in [-0.4, -0.2) is 62.5 Å². The molecule has 0 atom stereocenters. The Balaban J connectivity index is 0.728. The van der Waals surface area contributed by atoms with Crippen molar-refractivity contribution in [3.05, 3.63) is 108 Å². The first kappa shape index (κ1) is 58.5. The number of hydrogen-bond donors (Lipinski definition) is 0. The predicted molar refractivity (Wildman–Crippen MR) is 291 cm³/mol. The SMILES string of the molecule is CCCCCCOC1CCC(C(=O)Oc2ccc(OC(=O)c3ccc(OCCCCCCCCCCCOc4ccc(C(=O)Oc5ccc(OC(=O)C6CCC(OCCCCCC)CC6)cc5)cc4)cc3)cc2)CC1. The van der Waals surface area contributed by atoms with Gasteiger partial charge in [-0.15, -0.1) is 0 Å². The number of hydrogen-bond acceptors (Lipinski definition) is 12. The van der Waals surface area contributed by atoms with Gasteiger partial charge in [-0.1, -0.05) is 97.3 Å². The molecule has 0 heterocycles. The molecule has 4 aromatic carbocycles. The molecular weight excluding hydrogens is 949 g/mol. The lowest BCUT2D eigenvalue weighted by atomic mass is 9.87. The fraction of sp³-hybridized carbons (Fsp3) is 0.556. The lowest BCUT2D eigenvalue weighted by Crippen LogP contribution is -2.29. The molecule has 0 aliphatic heterocycles. The summed E-state index contributed by atoms with van der Waals surface area (Å²) in [5.74, 6) is 1.39. The van der Waals surface area contributed by atoms with E-state index in [1.54, 1.807) is 97.1 Å². The highest BCUT2D eigenvalue weighted by Gasteiger charge is 2.29. The Bertz CT molecular complexity index is 2070. The zero-order valence-electron chi connectivity index (χ0n) is 45.0. The predicted octanol–water partition coefficient (Wildman–Crippen LogP) is 15.2. The van der Waals surface area contributed by atoms with E-state index in [-0.39, 0.29) is 36.0 Å².